The molecule has 48 heavy (non-hydrogen) atoms. The molecule has 18 heteroatoms. The van der Waals surface area contributed by atoms with Gasteiger partial charge in [0.05, 0.1) is 37.7 Å². The largest absolute Gasteiger partial charge is 0.496 e. The Hall–Kier alpha value is -5.77. The number of methoxy groups -OCH3 is 2. The Bertz CT molecular complexity index is 1870. The molecule has 0 saturated heterocycles. The number of benzene rings is 2. The van der Waals surface area contributed by atoms with Gasteiger partial charge in [0.2, 0.25) is 0 Å². The number of nitrogens with zero attached hydrogens (tertiary/aromatic N) is 6. The standard InChI is InChI=1S/C15H10Cl2N4O3.C15H12ClN5O3/c2*1-23-10-4-8(2-3-9(10)11-5-18-7-24-11)21-15(22)12-13(16)19-6-20-14(12)17/h2-7H,1H3,(H,21,22);2-7H,1H3,(H,21,22)(H2,17,19,20). The Balaban J connectivity index is 0.000000188. The van der Waals surface area contributed by atoms with E-state index in [1.54, 1.807) is 48.8 Å². The number of hydrogen-bond acceptors (Lipinski definition) is 13. The summed E-state index contributed by atoms with van der Waals surface area (Å²) in [7, 11) is 3.03. The SMILES string of the molecule is COc1cc(NC(=O)c2c(Cl)ncnc2Cl)ccc1-c1cnco1.COc1cc(NC(=O)c2c(N)ncnc2Cl)ccc1-c1cnco1. The van der Waals surface area contributed by atoms with Crippen molar-refractivity contribution in [3.05, 3.63) is 101 Å². The first-order chi connectivity index (χ1) is 23.2. The average Bonchev–Trinajstić information content (AvgIpc) is 3.80. The van der Waals surface area contributed by atoms with Crippen LogP contribution >= 0.6 is 34.8 Å². The van der Waals surface area contributed by atoms with E-state index in [0.717, 1.165) is 0 Å². The van der Waals surface area contributed by atoms with Crippen LogP contribution < -0.4 is 25.8 Å². The Labute approximate surface area is 286 Å². The second-order valence-electron chi connectivity index (χ2n) is 9.22. The number of carbonyl (C=O) groups is 2. The van der Waals surface area contributed by atoms with Crippen LogP contribution in [0.1, 0.15) is 20.7 Å². The van der Waals surface area contributed by atoms with Gasteiger partial charge in [0.1, 0.15) is 56.6 Å². The van der Waals surface area contributed by atoms with Crippen molar-refractivity contribution in [3.8, 4) is 34.1 Å². The molecule has 244 valence electrons. The minimum atomic E-state index is -0.528. The lowest BCUT2D eigenvalue weighted by Crippen LogP contribution is -2.16. The number of nitrogens with two attached hydrogens (primary N) is 1. The molecule has 0 radical (unpaired) electrons. The molecule has 0 unspecified atom stereocenters. The minimum Gasteiger partial charge on any atom is -0.496 e. The summed E-state index contributed by atoms with van der Waals surface area (Å²) in [5.74, 6) is 1.06. The number of ether oxygens (including phenoxy) is 2. The van der Waals surface area contributed by atoms with Gasteiger partial charge in [0.25, 0.3) is 11.8 Å². The third kappa shape index (κ3) is 7.60. The molecule has 4 N–H and O–H groups in total. The molecule has 6 rings (SSSR count). The molecular weight excluding hydrogens is 689 g/mol. The lowest BCUT2D eigenvalue weighted by molar-refractivity contribution is 0.101. The zero-order valence-corrected chi connectivity index (χ0v) is 27.0. The van der Waals surface area contributed by atoms with Crippen LogP contribution in [0.4, 0.5) is 17.2 Å². The van der Waals surface area contributed by atoms with Crippen LogP contribution in [0.2, 0.25) is 15.5 Å². The highest BCUT2D eigenvalue weighted by atomic mass is 35.5. The van der Waals surface area contributed by atoms with Crippen LogP contribution in [-0.4, -0.2) is 55.9 Å². The van der Waals surface area contributed by atoms with Crippen LogP contribution in [0.25, 0.3) is 22.6 Å². The minimum absolute atomic E-state index is 0.000823. The molecule has 4 aromatic heterocycles. The third-order valence-corrected chi connectivity index (χ3v) is 7.21. The van der Waals surface area contributed by atoms with E-state index in [1.165, 1.54) is 39.7 Å². The van der Waals surface area contributed by atoms with Crippen molar-refractivity contribution in [2.24, 2.45) is 0 Å². The van der Waals surface area contributed by atoms with Gasteiger partial charge < -0.3 is 34.7 Å². The van der Waals surface area contributed by atoms with Gasteiger partial charge in [-0.2, -0.15) is 0 Å². The maximum absolute atomic E-state index is 12.3. The molecule has 0 aliphatic carbocycles. The van der Waals surface area contributed by atoms with Crippen molar-refractivity contribution in [3.63, 3.8) is 0 Å². The van der Waals surface area contributed by atoms with Gasteiger partial charge >= 0.3 is 0 Å². The summed E-state index contributed by atoms with van der Waals surface area (Å²) in [6, 6.07) is 10.1. The summed E-state index contributed by atoms with van der Waals surface area (Å²) in [5, 5.41) is 5.27. The van der Waals surface area contributed by atoms with Gasteiger partial charge in [0.15, 0.2) is 24.3 Å². The number of halogens is 3. The van der Waals surface area contributed by atoms with E-state index in [2.05, 4.69) is 40.5 Å². The molecule has 0 aliphatic heterocycles. The number of rotatable bonds is 8. The van der Waals surface area contributed by atoms with E-state index < -0.39 is 11.8 Å². The molecule has 2 aromatic carbocycles. The first-order valence-electron chi connectivity index (χ1n) is 13.4. The average molecular weight is 711 g/mol. The molecule has 2 amide bonds. The number of anilines is 3. The first kappa shape index (κ1) is 33.6. The van der Waals surface area contributed by atoms with Crippen molar-refractivity contribution >= 4 is 63.8 Å². The lowest BCUT2D eigenvalue weighted by atomic mass is 10.1. The number of nitrogen functional groups attached to an aromatic ring is 1. The van der Waals surface area contributed by atoms with Crippen molar-refractivity contribution in [1.29, 1.82) is 0 Å². The van der Waals surface area contributed by atoms with Crippen molar-refractivity contribution in [2.75, 3.05) is 30.6 Å². The molecule has 0 spiro atoms. The molecule has 0 atom stereocenters. The fourth-order valence-electron chi connectivity index (χ4n) is 4.15. The smallest absolute Gasteiger partial charge is 0.262 e. The summed E-state index contributed by atoms with van der Waals surface area (Å²) in [6.07, 6.45) is 8.14. The molecule has 0 fully saturated rings. The van der Waals surface area contributed by atoms with E-state index in [9.17, 15) is 9.59 Å². The fraction of sp³-hybridized carbons (Fsp3) is 0.0667. The number of carbonyl (C=O) groups excluding carboxylic acids is 2. The highest BCUT2D eigenvalue weighted by molar-refractivity contribution is 6.39. The van der Waals surface area contributed by atoms with Crippen molar-refractivity contribution < 1.29 is 27.9 Å². The van der Waals surface area contributed by atoms with Crippen LogP contribution in [0.5, 0.6) is 11.5 Å². The van der Waals surface area contributed by atoms with E-state index in [0.29, 0.717) is 45.5 Å². The number of aromatic nitrogens is 6. The van der Waals surface area contributed by atoms with Gasteiger partial charge in [0, 0.05) is 23.5 Å². The zero-order chi connectivity index (χ0) is 34.2. The van der Waals surface area contributed by atoms with Gasteiger partial charge in [-0.25, -0.2) is 29.9 Å². The predicted molar refractivity (Wildman–Crippen MR) is 176 cm³/mol. The Kier molecular flexibility index (Phi) is 10.6. The van der Waals surface area contributed by atoms with Crippen LogP contribution in [0.3, 0.4) is 0 Å². The molecule has 4 heterocycles. The van der Waals surface area contributed by atoms with E-state index in [1.807, 2.05) is 0 Å². The molecule has 0 bridgehead atoms. The normalized spacial score (nSPS) is 10.4. The molecule has 15 nitrogen and oxygen atoms in total. The topological polar surface area (TPSA) is 206 Å². The highest BCUT2D eigenvalue weighted by Gasteiger charge is 2.19. The van der Waals surface area contributed by atoms with Gasteiger partial charge in [-0.3, -0.25) is 9.59 Å². The summed E-state index contributed by atoms with van der Waals surface area (Å²) >= 11 is 17.7. The molecule has 0 saturated carbocycles. The second-order valence-corrected chi connectivity index (χ2v) is 10.3. The van der Waals surface area contributed by atoms with E-state index >= 15 is 0 Å². The second kappa shape index (κ2) is 15.2. The van der Waals surface area contributed by atoms with Gasteiger partial charge in [-0.1, -0.05) is 34.8 Å². The van der Waals surface area contributed by atoms with Crippen LogP contribution in [-0.2, 0) is 0 Å². The number of oxazole rings is 2. The molecular formula is C30H22Cl3N9O6. The third-order valence-electron chi connectivity index (χ3n) is 6.35. The van der Waals surface area contributed by atoms with Crippen LogP contribution in [0, 0.1) is 0 Å². The number of nitrogens with one attached hydrogen (secondary N) is 2. The zero-order valence-electron chi connectivity index (χ0n) is 24.8. The molecule has 0 aliphatic rings. The van der Waals surface area contributed by atoms with E-state index in [-0.39, 0.29) is 32.4 Å². The van der Waals surface area contributed by atoms with Crippen molar-refractivity contribution in [2.45, 2.75) is 0 Å². The number of amides is 2. The summed E-state index contributed by atoms with van der Waals surface area (Å²) in [5.41, 5.74) is 8.06. The molecule has 6 aromatic rings. The van der Waals surface area contributed by atoms with E-state index in [4.69, 9.17) is 58.8 Å². The maximum atomic E-state index is 12.3. The summed E-state index contributed by atoms with van der Waals surface area (Å²) in [4.78, 5) is 47.4. The monoisotopic (exact) mass is 709 g/mol. The fourth-order valence-corrected chi connectivity index (χ4v) is 4.86. The predicted octanol–water partition coefficient (Wildman–Crippen LogP) is 6.33. The first-order valence-corrected chi connectivity index (χ1v) is 14.5. The quantitative estimate of drug-likeness (QED) is 0.148. The lowest BCUT2D eigenvalue weighted by Gasteiger charge is -2.11. The Morgan fingerprint density at radius 2 is 1.12 bits per heavy atom. The Morgan fingerprint density at radius 3 is 1.54 bits per heavy atom. The van der Waals surface area contributed by atoms with Gasteiger partial charge in [-0.05, 0) is 24.3 Å². The maximum Gasteiger partial charge on any atom is 0.262 e. The van der Waals surface area contributed by atoms with Gasteiger partial charge in [-0.15, -0.1) is 0 Å². The Morgan fingerprint density at radius 1 is 0.688 bits per heavy atom. The van der Waals surface area contributed by atoms with Crippen LogP contribution in [0.15, 0.2) is 83.1 Å². The van der Waals surface area contributed by atoms with Crippen molar-refractivity contribution in [1.82, 2.24) is 29.9 Å². The number of hydrogen-bond donors (Lipinski definition) is 3. The summed E-state index contributed by atoms with van der Waals surface area (Å²) < 4.78 is 21.2. The summed E-state index contributed by atoms with van der Waals surface area (Å²) in [6.45, 7) is 0. The highest BCUT2D eigenvalue weighted by Crippen LogP contribution is 2.34.